The number of nitrogens with zero attached hydrogens (tertiary/aromatic N) is 1. The quantitative estimate of drug-likeness (QED) is 0.754. The van der Waals surface area contributed by atoms with Crippen LogP contribution in [0.4, 0.5) is 0 Å². The van der Waals surface area contributed by atoms with Gasteiger partial charge in [0.15, 0.2) is 0 Å². The topological polar surface area (TPSA) is 12.5 Å². The number of likely N-dealkylation sites (tertiary alicyclic amines) is 1. The summed E-state index contributed by atoms with van der Waals surface area (Å²) >= 11 is 0. The number of rotatable bonds is 1. The van der Waals surface area contributed by atoms with E-state index in [4.69, 9.17) is 4.74 Å². The van der Waals surface area contributed by atoms with Gasteiger partial charge in [-0.05, 0) is 74.8 Å². The zero-order valence-corrected chi connectivity index (χ0v) is 11.5. The van der Waals surface area contributed by atoms with Crippen molar-refractivity contribution in [2.45, 2.75) is 37.5 Å². The van der Waals surface area contributed by atoms with Crippen LogP contribution in [0.2, 0.25) is 0 Å². The first kappa shape index (κ1) is 12.0. The molecule has 2 heteroatoms. The lowest BCUT2D eigenvalue weighted by molar-refractivity contribution is 0.169. The molecule has 1 spiro atoms. The van der Waals surface area contributed by atoms with Gasteiger partial charge in [0.2, 0.25) is 0 Å². The van der Waals surface area contributed by atoms with E-state index in [0.29, 0.717) is 5.41 Å². The summed E-state index contributed by atoms with van der Waals surface area (Å²) < 4.78 is 5.56. The van der Waals surface area contributed by atoms with Crippen LogP contribution in [0.5, 0.6) is 5.75 Å². The van der Waals surface area contributed by atoms with E-state index in [9.17, 15) is 0 Å². The molecule has 3 rings (SSSR count). The molecule has 0 amide bonds. The molecule has 1 saturated heterocycles. The van der Waals surface area contributed by atoms with Crippen molar-refractivity contribution in [1.82, 2.24) is 4.90 Å². The van der Waals surface area contributed by atoms with Gasteiger partial charge >= 0.3 is 0 Å². The zero-order chi connectivity index (χ0) is 12.6. The first-order valence-corrected chi connectivity index (χ1v) is 7.10. The Balaban J connectivity index is 2.01. The number of benzene rings is 1. The molecule has 0 N–H and O–H groups in total. The molecule has 98 valence electrons. The van der Waals surface area contributed by atoms with Gasteiger partial charge in [0.1, 0.15) is 5.75 Å². The molecule has 2 nitrogen and oxygen atoms in total. The second-order valence-electron chi connectivity index (χ2n) is 5.92. The molecule has 0 atom stereocenters. The smallest absolute Gasteiger partial charge is 0.122 e. The minimum Gasteiger partial charge on any atom is -0.496 e. The molecular weight excluding hydrogens is 222 g/mol. The molecule has 1 aliphatic heterocycles. The molecule has 0 bridgehead atoms. The summed E-state index contributed by atoms with van der Waals surface area (Å²) in [7, 11) is 4.04. The fourth-order valence-electron chi connectivity index (χ4n) is 3.82. The number of hydrogen-bond donors (Lipinski definition) is 0. The number of methoxy groups -OCH3 is 1. The molecule has 0 saturated carbocycles. The van der Waals surface area contributed by atoms with Crippen LogP contribution in [0.3, 0.4) is 0 Å². The number of ether oxygens (including phenoxy) is 1. The van der Waals surface area contributed by atoms with Gasteiger partial charge in [-0.25, -0.2) is 0 Å². The summed E-state index contributed by atoms with van der Waals surface area (Å²) in [5.74, 6) is 1.10. The molecule has 1 aromatic carbocycles. The average Bonchev–Trinajstić information content (AvgIpc) is 2.42. The van der Waals surface area contributed by atoms with Crippen molar-refractivity contribution < 1.29 is 4.74 Å². The SMILES string of the molecule is COc1cccc2c1CCCC21CCN(C)CC1. The maximum absolute atomic E-state index is 5.56. The standard InChI is InChI=1S/C16H23NO/c1-17-11-9-16(10-12-17)8-4-5-13-14(16)6-3-7-15(13)18-2/h3,6-7H,4-5,8-12H2,1-2H3. The van der Waals surface area contributed by atoms with E-state index in [-0.39, 0.29) is 0 Å². The molecule has 1 aromatic rings. The van der Waals surface area contributed by atoms with E-state index in [0.717, 1.165) is 5.75 Å². The van der Waals surface area contributed by atoms with E-state index in [1.165, 1.54) is 50.8 Å². The molecule has 1 aliphatic carbocycles. The van der Waals surface area contributed by atoms with Crippen molar-refractivity contribution in [3.8, 4) is 5.75 Å². The van der Waals surface area contributed by atoms with Crippen molar-refractivity contribution in [3.05, 3.63) is 29.3 Å². The summed E-state index contributed by atoms with van der Waals surface area (Å²) in [5, 5.41) is 0. The van der Waals surface area contributed by atoms with Crippen molar-refractivity contribution in [2.75, 3.05) is 27.2 Å². The van der Waals surface area contributed by atoms with E-state index in [1.807, 2.05) is 0 Å². The highest BCUT2D eigenvalue weighted by Gasteiger charge is 2.39. The van der Waals surface area contributed by atoms with Crippen LogP contribution in [-0.2, 0) is 11.8 Å². The molecule has 2 aliphatic rings. The minimum atomic E-state index is 0.439. The Morgan fingerprint density at radius 2 is 1.94 bits per heavy atom. The number of piperidine rings is 1. The molecule has 0 unspecified atom stereocenters. The van der Waals surface area contributed by atoms with E-state index < -0.39 is 0 Å². The van der Waals surface area contributed by atoms with Crippen LogP contribution in [0.25, 0.3) is 0 Å². The van der Waals surface area contributed by atoms with Gasteiger partial charge in [-0.1, -0.05) is 12.1 Å². The lowest BCUT2D eigenvalue weighted by Crippen LogP contribution is -2.42. The maximum Gasteiger partial charge on any atom is 0.122 e. The van der Waals surface area contributed by atoms with Crippen LogP contribution >= 0.6 is 0 Å². The Bertz CT molecular complexity index is 433. The predicted molar refractivity (Wildman–Crippen MR) is 74.3 cm³/mol. The fraction of sp³-hybridized carbons (Fsp3) is 0.625. The summed E-state index contributed by atoms with van der Waals surface area (Å²) in [6.07, 6.45) is 6.49. The largest absolute Gasteiger partial charge is 0.496 e. The van der Waals surface area contributed by atoms with Crippen LogP contribution < -0.4 is 4.74 Å². The van der Waals surface area contributed by atoms with Crippen molar-refractivity contribution in [2.24, 2.45) is 0 Å². The summed E-state index contributed by atoms with van der Waals surface area (Å²) in [6, 6.07) is 6.64. The Morgan fingerprint density at radius 1 is 1.17 bits per heavy atom. The number of fused-ring (bicyclic) bond motifs is 2. The maximum atomic E-state index is 5.56. The Morgan fingerprint density at radius 3 is 2.67 bits per heavy atom. The van der Waals surface area contributed by atoms with Crippen molar-refractivity contribution in [1.29, 1.82) is 0 Å². The van der Waals surface area contributed by atoms with Gasteiger partial charge < -0.3 is 9.64 Å². The van der Waals surface area contributed by atoms with Gasteiger partial charge in [-0.2, -0.15) is 0 Å². The summed E-state index contributed by atoms with van der Waals surface area (Å²) in [5.41, 5.74) is 3.51. The molecule has 0 aromatic heterocycles. The van der Waals surface area contributed by atoms with Gasteiger partial charge in [0.25, 0.3) is 0 Å². The van der Waals surface area contributed by atoms with Crippen LogP contribution in [-0.4, -0.2) is 32.1 Å². The minimum absolute atomic E-state index is 0.439. The van der Waals surface area contributed by atoms with Crippen molar-refractivity contribution >= 4 is 0 Å². The van der Waals surface area contributed by atoms with Crippen LogP contribution in [0.15, 0.2) is 18.2 Å². The Labute approximate surface area is 110 Å². The highest BCUT2D eigenvalue weighted by atomic mass is 16.5. The molecule has 1 fully saturated rings. The molecule has 1 heterocycles. The third kappa shape index (κ3) is 1.83. The van der Waals surface area contributed by atoms with E-state index in [2.05, 4.69) is 30.1 Å². The summed E-state index contributed by atoms with van der Waals surface area (Å²) in [4.78, 5) is 2.46. The second-order valence-corrected chi connectivity index (χ2v) is 5.92. The third-order valence-electron chi connectivity index (χ3n) is 4.95. The lowest BCUT2D eigenvalue weighted by atomic mass is 9.64. The molecular formula is C16H23NO. The van der Waals surface area contributed by atoms with Gasteiger partial charge in [-0.3, -0.25) is 0 Å². The highest BCUT2D eigenvalue weighted by Crippen LogP contribution is 2.46. The lowest BCUT2D eigenvalue weighted by Gasteiger charge is -2.45. The summed E-state index contributed by atoms with van der Waals surface area (Å²) in [6.45, 7) is 2.47. The fourth-order valence-corrected chi connectivity index (χ4v) is 3.82. The average molecular weight is 245 g/mol. The first-order chi connectivity index (χ1) is 8.75. The normalized spacial score (nSPS) is 22.8. The Hall–Kier alpha value is -1.02. The number of hydrogen-bond acceptors (Lipinski definition) is 2. The molecule has 0 radical (unpaired) electrons. The highest BCUT2D eigenvalue weighted by molar-refractivity contribution is 5.46. The van der Waals surface area contributed by atoms with E-state index in [1.54, 1.807) is 12.7 Å². The molecule has 18 heavy (non-hydrogen) atoms. The van der Waals surface area contributed by atoms with Crippen LogP contribution in [0, 0.1) is 0 Å². The van der Waals surface area contributed by atoms with Gasteiger partial charge in [0, 0.05) is 0 Å². The second kappa shape index (κ2) is 4.58. The van der Waals surface area contributed by atoms with Crippen LogP contribution in [0.1, 0.15) is 36.8 Å². The van der Waals surface area contributed by atoms with Gasteiger partial charge in [0.05, 0.1) is 7.11 Å². The monoisotopic (exact) mass is 245 g/mol. The Kier molecular flexibility index (Phi) is 3.06. The predicted octanol–water partition coefficient (Wildman–Crippen LogP) is 2.99. The first-order valence-electron chi connectivity index (χ1n) is 7.10. The third-order valence-corrected chi connectivity index (χ3v) is 4.95. The van der Waals surface area contributed by atoms with Crippen molar-refractivity contribution in [3.63, 3.8) is 0 Å². The van der Waals surface area contributed by atoms with E-state index >= 15 is 0 Å². The zero-order valence-electron chi connectivity index (χ0n) is 11.5. The van der Waals surface area contributed by atoms with Gasteiger partial charge in [-0.15, -0.1) is 0 Å².